The summed E-state index contributed by atoms with van der Waals surface area (Å²) in [5.74, 6) is 0. The van der Waals surface area contributed by atoms with E-state index in [9.17, 15) is 8.42 Å². The lowest BCUT2D eigenvalue weighted by Crippen LogP contribution is -2.26. The van der Waals surface area contributed by atoms with Gasteiger partial charge in [0.25, 0.3) is 0 Å². The quantitative estimate of drug-likeness (QED) is 0.723. The summed E-state index contributed by atoms with van der Waals surface area (Å²) in [6.45, 7) is 0. The Morgan fingerprint density at radius 2 is 1.80 bits per heavy atom. The number of epoxide rings is 1. The van der Waals surface area contributed by atoms with Crippen LogP contribution in [0.1, 0.15) is 11.7 Å². The molecule has 0 saturated carbocycles. The topological polar surface area (TPSA) is 49.9 Å². The number of rotatable bonds is 3. The van der Waals surface area contributed by atoms with Gasteiger partial charge >= 0.3 is 0 Å². The molecule has 5 heteroatoms. The molecule has 82 valence electrons. The maximum absolute atomic E-state index is 11.7. The van der Waals surface area contributed by atoms with E-state index in [2.05, 4.69) is 0 Å². The molecule has 0 bridgehead atoms. The van der Waals surface area contributed by atoms with Gasteiger partial charge in [-0.3, -0.25) is 0 Å². The molecule has 1 aliphatic rings. The van der Waals surface area contributed by atoms with Crippen LogP contribution in [-0.2, 0) is 14.8 Å². The first-order chi connectivity index (χ1) is 7.03. The third kappa shape index (κ3) is 1.90. The Kier molecular flexibility index (Phi) is 2.54. The first-order valence-electron chi connectivity index (χ1n) is 4.65. The molecule has 15 heavy (non-hydrogen) atoms. The molecule has 0 spiro atoms. The summed E-state index contributed by atoms with van der Waals surface area (Å²) in [6.07, 6.45) is -0.307. The molecule has 0 aromatic heterocycles. The van der Waals surface area contributed by atoms with Gasteiger partial charge in [-0.25, -0.2) is 12.7 Å². The van der Waals surface area contributed by atoms with Gasteiger partial charge in [0.1, 0.15) is 6.10 Å². The SMILES string of the molecule is CN(C)S(=O)(=O)[C@@H]1O[C@@H]1c1ccccc1. The zero-order valence-corrected chi connectivity index (χ0v) is 9.44. The van der Waals surface area contributed by atoms with Gasteiger partial charge in [0, 0.05) is 14.1 Å². The van der Waals surface area contributed by atoms with Crippen LogP contribution in [0.2, 0.25) is 0 Å². The van der Waals surface area contributed by atoms with Gasteiger partial charge in [-0.15, -0.1) is 0 Å². The van der Waals surface area contributed by atoms with Gasteiger partial charge in [0.05, 0.1) is 0 Å². The molecule has 1 aromatic rings. The highest BCUT2D eigenvalue weighted by Crippen LogP contribution is 2.42. The molecule has 0 radical (unpaired) electrons. The highest BCUT2D eigenvalue weighted by molar-refractivity contribution is 7.89. The Bertz CT molecular complexity index is 441. The molecule has 2 atom stereocenters. The van der Waals surface area contributed by atoms with Crippen LogP contribution in [0.25, 0.3) is 0 Å². The molecule has 1 aliphatic heterocycles. The minimum atomic E-state index is -3.29. The summed E-state index contributed by atoms with van der Waals surface area (Å²) >= 11 is 0. The van der Waals surface area contributed by atoms with Gasteiger partial charge in [0.2, 0.25) is 15.5 Å². The molecule has 1 heterocycles. The number of nitrogens with zero attached hydrogens (tertiary/aromatic N) is 1. The van der Waals surface area contributed by atoms with E-state index in [1.54, 1.807) is 0 Å². The van der Waals surface area contributed by atoms with Crippen LogP contribution in [-0.4, -0.2) is 32.3 Å². The number of sulfonamides is 1. The van der Waals surface area contributed by atoms with Crippen molar-refractivity contribution in [2.24, 2.45) is 0 Å². The number of benzene rings is 1. The molecule has 0 amide bonds. The number of ether oxygens (including phenoxy) is 1. The summed E-state index contributed by atoms with van der Waals surface area (Å²) in [5.41, 5.74) is 0.197. The monoisotopic (exact) mass is 227 g/mol. The Balaban J connectivity index is 2.16. The summed E-state index contributed by atoms with van der Waals surface area (Å²) in [4.78, 5) is 0. The molecule has 0 aliphatic carbocycles. The van der Waals surface area contributed by atoms with Crippen molar-refractivity contribution in [2.45, 2.75) is 11.5 Å². The highest BCUT2D eigenvalue weighted by Gasteiger charge is 2.51. The standard InChI is InChI=1S/C10H13NO3S/c1-11(2)15(12,13)10-9(14-10)8-6-4-3-5-7-8/h3-7,9-10H,1-2H3/t9-,10+/m1/s1. The maximum Gasteiger partial charge on any atom is 0.243 e. The van der Waals surface area contributed by atoms with E-state index in [0.29, 0.717) is 0 Å². The molecule has 1 saturated heterocycles. The van der Waals surface area contributed by atoms with E-state index in [0.717, 1.165) is 5.56 Å². The van der Waals surface area contributed by atoms with Crippen LogP contribution in [0.5, 0.6) is 0 Å². The molecule has 0 N–H and O–H groups in total. The normalized spacial score (nSPS) is 25.5. The van der Waals surface area contributed by atoms with E-state index in [1.165, 1.54) is 18.4 Å². The van der Waals surface area contributed by atoms with Crippen molar-refractivity contribution >= 4 is 10.0 Å². The van der Waals surface area contributed by atoms with E-state index in [4.69, 9.17) is 4.74 Å². The van der Waals surface area contributed by atoms with Crippen LogP contribution in [0.4, 0.5) is 0 Å². The van der Waals surface area contributed by atoms with E-state index in [-0.39, 0.29) is 6.10 Å². The smallest absolute Gasteiger partial charge is 0.243 e. The predicted octanol–water partition coefficient (Wildman–Crippen LogP) is 0.975. The van der Waals surface area contributed by atoms with Crippen molar-refractivity contribution in [3.63, 3.8) is 0 Å². The van der Waals surface area contributed by atoms with Crippen molar-refractivity contribution in [1.82, 2.24) is 4.31 Å². The van der Waals surface area contributed by atoms with Crippen LogP contribution in [0.3, 0.4) is 0 Å². The van der Waals surface area contributed by atoms with Gasteiger partial charge in [0.15, 0.2) is 0 Å². The molecular formula is C10H13NO3S. The average Bonchev–Trinajstić information content (AvgIpc) is 2.98. The second kappa shape index (κ2) is 3.59. The third-order valence-corrected chi connectivity index (χ3v) is 4.35. The zero-order valence-electron chi connectivity index (χ0n) is 8.62. The summed E-state index contributed by atoms with van der Waals surface area (Å²) < 4.78 is 29.7. The summed E-state index contributed by atoms with van der Waals surface area (Å²) in [6, 6.07) is 9.37. The van der Waals surface area contributed by atoms with Crippen LogP contribution in [0, 0.1) is 0 Å². The summed E-state index contributed by atoms with van der Waals surface area (Å²) in [7, 11) is -0.264. The van der Waals surface area contributed by atoms with Crippen molar-refractivity contribution in [1.29, 1.82) is 0 Å². The van der Waals surface area contributed by atoms with Crippen LogP contribution >= 0.6 is 0 Å². The van der Waals surface area contributed by atoms with Crippen LogP contribution < -0.4 is 0 Å². The lowest BCUT2D eigenvalue weighted by Gasteiger charge is -2.07. The van der Waals surface area contributed by atoms with Gasteiger partial charge in [-0.05, 0) is 5.56 Å². The second-order valence-corrected chi connectivity index (χ2v) is 5.89. The van der Waals surface area contributed by atoms with Crippen molar-refractivity contribution < 1.29 is 13.2 Å². The molecule has 1 fully saturated rings. The lowest BCUT2D eigenvalue weighted by atomic mass is 10.2. The maximum atomic E-state index is 11.7. The minimum Gasteiger partial charge on any atom is -0.346 e. The zero-order chi connectivity index (χ0) is 11.1. The molecular weight excluding hydrogens is 214 g/mol. The fourth-order valence-electron chi connectivity index (χ4n) is 1.41. The Labute approximate surface area is 89.5 Å². The van der Waals surface area contributed by atoms with E-state index < -0.39 is 15.5 Å². The van der Waals surface area contributed by atoms with Crippen molar-refractivity contribution in [3.8, 4) is 0 Å². The largest absolute Gasteiger partial charge is 0.346 e. The second-order valence-electron chi connectivity index (χ2n) is 3.66. The number of hydrogen-bond donors (Lipinski definition) is 0. The fraction of sp³-hybridized carbons (Fsp3) is 0.400. The number of hydrogen-bond acceptors (Lipinski definition) is 3. The van der Waals surface area contributed by atoms with Gasteiger partial charge in [-0.1, -0.05) is 30.3 Å². The van der Waals surface area contributed by atoms with Crippen molar-refractivity contribution in [2.75, 3.05) is 14.1 Å². The Morgan fingerprint density at radius 1 is 1.20 bits per heavy atom. The fourth-order valence-corrected chi connectivity index (χ4v) is 2.56. The first-order valence-corrected chi connectivity index (χ1v) is 6.15. The Morgan fingerprint density at radius 3 is 2.33 bits per heavy atom. The van der Waals surface area contributed by atoms with Crippen LogP contribution in [0.15, 0.2) is 30.3 Å². The third-order valence-electron chi connectivity index (χ3n) is 2.38. The molecule has 0 unspecified atom stereocenters. The lowest BCUT2D eigenvalue weighted by molar-refractivity contribution is 0.391. The van der Waals surface area contributed by atoms with Gasteiger partial charge < -0.3 is 4.74 Å². The molecule has 4 nitrogen and oxygen atoms in total. The first kappa shape index (κ1) is 10.6. The molecule has 1 aromatic carbocycles. The van der Waals surface area contributed by atoms with Crippen molar-refractivity contribution in [3.05, 3.63) is 35.9 Å². The van der Waals surface area contributed by atoms with E-state index >= 15 is 0 Å². The average molecular weight is 227 g/mol. The van der Waals surface area contributed by atoms with Gasteiger partial charge in [-0.2, -0.15) is 0 Å². The minimum absolute atomic E-state index is 0.307. The predicted molar refractivity (Wildman–Crippen MR) is 56.7 cm³/mol. The Hall–Kier alpha value is -0.910. The molecule has 2 rings (SSSR count). The highest BCUT2D eigenvalue weighted by atomic mass is 32.2. The van der Waals surface area contributed by atoms with E-state index in [1.807, 2.05) is 30.3 Å². The summed E-state index contributed by atoms with van der Waals surface area (Å²) in [5, 5.41) is 0.